The number of thioether (sulfide) groups is 1. The molecule has 0 aromatic heterocycles. The van der Waals surface area contributed by atoms with E-state index in [1.54, 1.807) is 0 Å². The van der Waals surface area contributed by atoms with Gasteiger partial charge in [-0.3, -0.25) is 5.73 Å². The maximum atomic E-state index is 10.6. The molecule has 0 saturated heterocycles. The Bertz CT molecular complexity index is 296. The van der Waals surface area contributed by atoms with Crippen molar-refractivity contribution in [1.82, 2.24) is 0 Å². The summed E-state index contributed by atoms with van der Waals surface area (Å²) >= 11 is 6.45. The maximum Gasteiger partial charge on any atom is 0.261 e. The minimum absolute atomic E-state index is 0.199. The van der Waals surface area contributed by atoms with Gasteiger partial charge >= 0.3 is 0 Å². The van der Waals surface area contributed by atoms with E-state index < -0.39 is 15.1 Å². The molecule has 1 aliphatic rings. The van der Waals surface area contributed by atoms with E-state index in [1.165, 1.54) is 0 Å². The van der Waals surface area contributed by atoms with Gasteiger partial charge in [-0.2, -0.15) is 0 Å². The normalized spacial score (nSPS) is 32.1. The monoisotopic (exact) mass is 215 g/mol. The van der Waals surface area contributed by atoms with Gasteiger partial charge in [-0.25, -0.2) is 18.5 Å². The van der Waals surface area contributed by atoms with Crippen LogP contribution < -0.4 is 10.9 Å². The molecule has 0 amide bonds. The second-order valence-electron chi connectivity index (χ2n) is 2.03. The Morgan fingerprint density at radius 3 is 2.45 bits per heavy atom. The minimum Gasteiger partial charge on any atom is -0.294 e. The fraction of sp³-hybridized carbons (Fsp3) is 0.667. The number of hydrogen-bond acceptors (Lipinski definition) is 5. The molecule has 1 aliphatic heterocycles. The molecule has 0 spiro atoms. The predicted octanol–water partition coefficient (Wildman–Crippen LogP) is -0.771. The van der Waals surface area contributed by atoms with Crippen LogP contribution in [-0.4, -0.2) is 23.7 Å². The Labute approximate surface area is 73.2 Å². The van der Waals surface area contributed by atoms with Gasteiger partial charge in [0.25, 0.3) is 10.0 Å². The number of primary sulfonamides is 1. The molecule has 0 aromatic rings. The largest absolute Gasteiger partial charge is 0.294 e. The summed E-state index contributed by atoms with van der Waals surface area (Å²) in [7, 11) is -3.73. The zero-order chi connectivity index (χ0) is 8.70. The smallest absolute Gasteiger partial charge is 0.261 e. The topological polar surface area (TPSA) is 98.5 Å². The van der Waals surface area contributed by atoms with Crippen LogP contribution in [0.2, 0.25) is 0 Å². The van der Waals surface area contributed by atoms with E-state index >= 15 is 0 Å². The zero-order valence-corrected chi connectivity index (χ0v) is 7.71. The first-order valence-electron chi connectivity index (χ1n) is 2.54. The zero-order valence-electron chi connectivity index (χ0n) is 5.32. The SMILES string of the molecule is NC1(Cl)CSC(S(N)(=O)=O)=N1. The molecule has 1 atom stereocenters. The van der Waals surface area contributed by atoms with Crippen molar-refractivity contribution in [2.75, 3.05) is 5.75 Å². The van der Waals surface area contributed by atoms with Crippen LogP contribution in [0.3, 0.4) is 0 Å². The summed E-state index contributed by atoms with van der Waals surface area (Å²) in [6.45, 7) is 0. The van der Waals surface area contributed by atoms with E-state index in [-0.39, 0.29) is 10.1 Å². The van der Waals surface area contributed by atoms with E-state index in [0.717, 1.165) is 11.8 Å². The fourth-order valence-electron chi connectivity index (χ4n) is 0.525. The van der Waals surface area contributed by atoms with Crippen LogP contribution in [0.15, 0.2) is 4.99 Å². The van der Waals surface area contributed by atoms with Gasteiger partial charge in [0.05, 0.1) is 5.75 Å². The second kappa shape index (κ2) is 2.60. The van der Waals surface area contributed by atoms with Crippen LogP contribution in [0.5, 0.6) is 0 Å². The van der Waals surface area contributed by atoms with Crippen molar-refractivity contribution in [3.05, 3.63) is 0 Å². The summed E-state index contributed by atoms with van der Waals surface area (Å²) in [6.07, 6.45) is 0. The lowest BCUT2D eigenvalue weighted by atomic mass is 10.6. The summed E-state index contributed by atoms with van der Waals surface area (Å²) in [5, 5.41) is 3.46. The Kier molecular flexibility index (Phi) is 2.19. The van der Waals surface area contributed by atoms with Crippen LogP contribution >= 0.6 is 23.4 Å². The fourth-order valence-corrected chi connectivity index (χ4v) is 2.62. The van der Waals surface area contributed by atoms with Crippen molar-refractivity contribution >= 4 is 37.8 Å². The third kappa shape index (κ3) is 2.31. The van der Waals surface area contributed by atoms with Gasteiger partial charge in [-0.1, -0.05) is 23.4 Å². The van der Waals surface area contributed by atoms with Crippen LogP contribution in [0.4, 0.5) is 0 Å². The summed E-state index contributed by atoms with van der Waals surface area (Å²) in [4.78, 5) is 3.50. The summed E-state index contributed by atoms with van der Waals surface area (Å²) in [6, 6.07) is 0. The van der Waals surface area contributed by atoms with Crippen molar-refractivity contribution in [1.29, 1.82) is 0 Å². The van der Waals surface area contributed by atoms with Gasteiger partial charge in [0, 0.05) is 0 Å². The first-order valence-corrected chi connectivity index (χ1v) is 5.45. The number of alkyl halides is 1. The molecular weight excluding hydrogens is 210 g/mol. The molecule has 1 unspecified atom stereocenters. The van der Waals surface area contributed by atoms with E-state index in [9.17, 15) is 8.42 Å². The Morgan fingerprint density at radius 1 is 1.73 bits per heavy atom. The van der Waals surface area contributed by atoms with Crippen LogP contribution in [0.1, 0.15) is 0 Å². The van der Waals surface area contributed by atoms with E-state index in [0.29, 0.717) is 0 Å². The van der Waals surface area contributed by atoms with Crippen molar-refractivity contribution in [2.45, 2.75) is 5.12 Å². The molecule has 0 radical (unpaired) electrons. The quantitative estimate of drug-likeness (QED) is 0.410. The molecule has 1 rings (SSSR count). The lowest BCUT2D eigenvalue weighted by Gasteiger charge is -2.06. The van der Waals surface area contributed by atoms with Crippen molar-refractivity contribution < 1.29 is 8.42 Å². The van der Waals surface area contributed by atoms with E-state index in [4.69, 9.17) is 22.5 Å². The third-order valence-corrected chi connectivity index (χ3v) is 3.85. The van der Waals surface area contributed by atoms with Gasteiger partial charge in [-0.05, 0) is 0 Å². The number of halogens is 1. The van der Waals surface area contributed by atoms with Gasteiger partial charge in [-0.15, -0.1) is 0 Å². The summed E-state index contributed by atoms with van der Waals surface area (Å²) in [5.74, 6) is 0.223. The van der Waals surface area contributed by atoms with Gasteiger partial charge in [0.1, 0.15) is 0 Å². The Balaban J connectivity index is 2.97. The molecule has 0 fully saturated rings. The number of aliphatic imine (C=N–C) groups is 1. The van der Waals surface area contributed by atoms with E-state index in [2.05, 4.69) is 4.99 Å². The van der Waals surface area contributed by atoms with Gasteiger partial charge in [0.15, 0.2) is 5.12 Å². The lowest BCUT2D eigenvalue weighted by molar-refractivity contribution is 0.608. The first kappa shape index (κ1) is 9.27. The number of nitrogens with two attached hydrogens (primary N) is 2. The Hall–Kier alpha value is 0.180. The maximum absolute atomic E-state index is 10.6. The molecule has 64 valence electrons. The van der Waals surface area contributed by atoms with Gasteiger partial charge < -0.3 is 0 Å². The molecular formula is C3H6ClN3O2S2. The lowest BCUT2D eigenvalue weighted by Crippen LogP contribution is -2.30. The summed E-state index contributed by atoms with van der Waals surface area (Å²) < 4.78 is 21.1. The third-order valence-electron chi connectivity index (χ3n) is 0.919. The number of sulfonamides is 1. The number of rotatable bonds is 0. The van der Waals surface area contributed by atoms with Crippen LogP contribution in [0, 0.1) is 0 Å². The molecule has 11 heavy (non-hydrogen) atoms. The predicted molar refractivity (Wildman–Crippen MR) is 45.8 cm³/mol. The molecule has 1 heterocycles. The van der Waals surface area contributed by atoms with Crippen LogP contribution in [-0.2, 0) is 10.0 Å². The highest BCUT2D eigenvalue weighted by Gasteiger charge is 2.33. The summed E-state index contributed by atoms with van der Waals surface area (Å²) in [5.41, 5.74) is 5.30. The second-order valence-corrected chi connectivity index (χ2v) is 5.38. The molecule has 4 N–H and O–H groups in total. The first-order chi connectivity index (χ1) is 4.81. The van der Waals surface area contributed by atoms with Gasteiger partial charge in [0.2, 0.25) is 4.38 Å². The minimum atomic E-state index is -3.73. The molecule has 0 aliphatic carbocycles. The molecule has 5 nitrogen and oxygen atoms in total. The number of hydrogen-bond donors (Lipinski definition) is 2. The average Bonchev–Trinajstić information content (AvgIpc) is 2.07. The molecule has 0 saturated carbocycles. The van der Waals surface area contributed by atoms with Crippen molar-refractivity contribution in [2.24, 2.45) is 15.9 Å². The molecule has 8 heteroatoms. The number of nitrogens with zero attached hydrogens (tertiary/aromatic N) is 1. The molecule has 0 bridgehead atoms. The standard InChI is InChI=1S/C3H6ClN3O2S2/c4-3(5)1-10-2(7-3)11(6,8)9/h1,5H2,(H2,6,8,9). The van der Waals surface area contributed by atoms with Crippen LogP contribution in [0.25, 0.3) is 0 Å². The Morgan fingerprint density at radius 2 is 2.27 bits per heavy atom. The van der Waals surface area contributed by atoms with E-state index in [1.807, 2.05) is 0 Å². The van der Waals surface area contributed by atoms with Crippen molar-refractivity contribution in [3.8, 4) is 0 Å². The highest BCUT2D eigenvalue weighted by atomic mass is 35.5. The molecule has 0 aromatic carbocycles. The average molecular weight is 216 g/mol. The van der Waals surface area contributed by atoms with Crippen molar-refractivity contribution in [3.63, 3.8) is 0 Å². The highest BCUT2D eigenvalue weighted by Crippen LogP contribution is 2.28. The highest BCUT2D eigenvalue weighted by molar-refractivity contribution is 8.35.